The summed E-state index contributed by atoms with van der Waals surface area (Å²) in [4.78, 5) is 40.1. The number of carbonyl (C=O) groups is 2. The van der Waals surface area contributed by atoms with Crippen LogP contribution in [0.3, 0.4) is 0 Å². The number of para-hydroxylation sites is 1. The molecule has 1 amide bonds. The Kier molecular flexibility index (Phi) is 7.47. The van der Waals surface area contributed by atoms with E-state index in [-0.39, 0.29) is 22.6 Å². The lowest BCUT2D eigenvalue weighted by Gasteiger charge is -2.54. The predicted molar refractivity (Wildman–Crippen MR) is 171 cm³/mol. The van der Waals surface area contributed by atoms with Gasteiger partial charge in [-0.1, -0.05) is 30.3 Å². The number of hydrogen-bond acceptors (Lipinski definition) is 8. The first-order valence-electron chi connectivity index (χ1n) is 15.4. The summed E-state index contributed by atoms with van der Waals surface area (Å²) in [5.74, 6) is 1.21. The minimum absolute atomic E-state index is 0.00130. The van der Waals surface area contributed by atoms with Gasteiger partial charge in [0.1, 0.15) is 5.69 Å². The molecular weight excluding hydrogens is 608 g/mol. The highest BCUT2D eigenvalue weighted by Gasteiger charge is 2.48. The molecule has 0 spiro atoms. The monoisotopic (exact) mass is 640 g/mol. The van der Waals surface area contributed by atoms with Crippen molar-refractivity contribution in [3.63, 3.8) is 0 Å². The van der Waals surface area contributed by atoms with Crippen LogP contribution in [0.25, 0.3) is 22.0 Å². The molecule has 0 saturated heterocycles. The van der Waals surface area contributed by atoms with Gasteiger partial charge in [0.05, 0.1) is 15.3 Å². The highest BCUT2D eigenvalue weighted by Crippen LogP contribution is 2.56. The number of nitrogens with one attached hydrogen (secondary N) is 2. The Labute approximate surface area is 265 Å². The Morgan fingerprint density at radius 1 is 0.913 bits per heavy atom. The third-order valence-corrected chi connectivity index (χ3v) is 11.4. The summed E-state index contributed by atoms with van der Waals surface area (Å²) in [6.07, 6.45) is 6.25. The molecule has 0 radical (unpaired) electrons. The number of nitro benzene ring substituents is 1. The molecule has 4 aromatic rings. The van der Waals surface area contributed by atoms with Crippen molar-refractivity contribution in [2.45, 2.75) is 37.0 Å². The van der Waals surface area contributed by atoms with E-state index >= 15 is 0 Å². The van der Waals surface area contributed by atoms with Crippen LogP contribution >= 0.6 is 0 Å². The van der Waals surface area contributed by atoms with Gasteiger partial charge in [-0.25, -0.2) is 22.9 Å². The van der Waals surface area contributed by atoms with Crippen LogP contribution in [0.5, 0.6) is 0 Å². The van der Waals surface area contributed by atoms with Crippen molar-refractivity contribution in [3.8, 4) is 11.1 Å². The molecule has 3 N–H and O–H groups in total. The van der Waals surface area contributed by atoms with Crippen molar-refractivity contribution in [1.29, 1.82) is 0 Å². The molecule has 4 aliphatic carbocycles. The van der Waals surface area contributed by atoms with Gasteiger partial charge in [0.25, 0.3) is 21.6 Å². The van der Waals surface area contributed by atoms with E-state index in [9.17, 15) is 33.2 Å². The fraction of sp³-hybridized carbons (Fsp3) is 0.324. The molecule has 0 unspecified atom stereocenters. The van der Waals surface area contributed by atoms with Gasteiger partial charge in [0.15, 0.2) is 5.69 Å². The standard InChI is InChI=1S/C34H32N4O7S/c39-33(22-7-5-21(6-8-22)27-16-23-3-1-2-4-29(23)36-32(27)34(40)41)37-46(44,45)26-9-10-30(31(17-26)38(42)43)35-18-28-24-12-19-11-20(14-24)15-25(28)13-19/h1-10,16-17,19-20,24-25,28,35H,11-15,18H2,(H,37,39)(H,40,41). The highest BCUT2D eigenvalue weighted by molar-refractivity contribution is 7.90. The molecule has 1 heterocycles. The van der Waals surface area contributed by atoms with Crippen molar-refractivity contribution in [2.24, 2.45) is 29.6 Å². The summed E-state index contributed by atoms with van der Waals surface area (Å²) in [6.45, 7) is 0.609. The average Bonchev–Trinajstić information content (AvgIpc) is 3.03. The topological polar surface area (TPSA) is 169 Å². The number of aromatic carboxylic acids is 1. The molecule has 8 rings (SSSR count). The zero-order valence-corrected chi connectivity index (χ0v) is 25.6. The summed E-state index contributed by atoms with van der Waals surface area (Å²) in [6, 6.07) is 18.2. The fourth-order valence-electron chi connectivity index (χ4n) is 8.12. The molecule has 236 valence electrons. The number of pyridine rings is 1. The number of carboxylic acid groups (broad SMARTS) is 1. The SMILES string of the molecule is O=C(NS(=O)(=O)c1ccc(NCC2C3CC4CC(C3)CC2C4)c([N+](=O)[O-])c1)c1ccc(-c2cc3ccccc3nc2C(=O)O)cc1. The van der Waals surface area contributed by atoms with Gasteiger partial charge in [-0.05, 0) is 104 Å². The summed E-state index contributed by atoms with van der Waals surface area (Å²) in [7, 11) is -4.45. The van der Waals surface area contributed by atoms with Crippen LogP contribution in [0.2, 0.25) is 0 Å². The second-order valence-corrected chi connectivity index (χ2v) is 14.5. The fourth-order valence-corrected chi connectivity index (χ4v) is 9.11. The molecule has 0 atom stereocenters. The van der Waals surface area contributed by atoms with Gasteiger partial charge < -0.3 is 10.4 Å². The van der Waals surface area contributed by atoms with Crippen molar-refractivity contribution in [3.05, 3.63) is 94.2 Å². The van der Waals surface area contributed by atoms with Crippen LogP contribution in [0.15, 0.2) is 77.7 Å². The molecule has 46 heavy (non-hydrogen) atoms. The van der Waals surface area contributed by atoms with Crippen LogP contribution in [-0.2, 0) is 10.0 Å². The summed E-state index contributed by atoms with van der Waals surface area (Å²) < 4.78 is 28.3. The normalized spacial score (nSPS) is 23.3. The third-order valence-electron chi connectivity index (χ3n) is 10.0. The van der Waals surface area contributed by atoms with E-state index in [1.54, 1.807) is 24.3 Å². The molecule has 0 aliphatic heterocycles. The Morgan fingerprint density at radius 3 is 2.24 bits per heavy atom. The van der Waals surface area contributed by atoms with Crippen LogP contribution in [-0.4, -0.2) is 41.9 Å². The number of fused-ring (bicyclic) bond motifs is 1. The minimum atomic E-state index is -4.45. The maximum absolute atomic E-state index is 13.2. The van der Waals surface area contributed by atoms with Gasteiger partial charge in [-0.3, -0.25) is 14.9 Å². The quantitative estimate of drug-likeness (QED) is 0.144. The highest BCUT2D eigenvalue weighted by atomic mass is 32.2. The number of hydrogen-bond donors (Lipinski definition) is 3. The summed E-state index contributed by atoms with van der Waals surface area (Å²) in [5, 5.41) is 25.7. The first-order valence-corrected chi connectivity index (χ1v) is 16.9. The van der Waals surface area contributed by atoms with Crippen LogP contribution in [0, 0.1) is 39.7 Å². The minimum Gasteiger partial charge on any atom is -0.476 e. The van der Waals surface area contributed by atoms with E-state index in [1.807, 2.05) is 10.8 Å². The molecule has 4 saturated carbocycles. The second-order valence-electron chi connectivity index (χ2n) is 12.8. The molecule has 4 aliphatic rings. The lowest BCUT2D eigenvalue weighted by atomic mass is 9.52. The van der Waals surface area contributed by atoms with Crippen molar-refractivity contribution < 1.29 is 28.0 Å². The van der Waals surface area contributed by atoms with Gasteiger partial charge in [0.2, 0.25) is 0 Å². The van der Waals surface area contributed by atoms with Crippen LogP contribution in [0.4, 0.5) is 11.4 Å². The molecular formula is C34H32N4O7S. The van der Waals surface area contributed by atoms with Gasteiger partial charge in [-0.2, -0.15) is 0 Å². The number of benzene rings is 3. The Bertz CT molecular complexity index is 1970. The number of carboxylic acids is 1. The Balaban J connectivity index is 1.07. The number of nitrogens with zero attached hydrogens (tertiary/aromatic N) is 2. The molecule has 4 bridgehead atoms. The third kappa shape index (κ3) is 5.57. The molecule has 3 aromatic carbocycles. The van der Waals surface area contributed by atoms with E-state index in [2.05, 4.69) is 10.3 Å². The number of aromatic nitrogens is 1. The molecule has 12 heteroatoms. The first kappa shape index (κ1) is 29.8. The molecule has 1 aromatic heterocycles. The summed E-state index contributed by atoms with van der Waals surface area (Å²) in [5.41, 5.74) is 1.07. The number of anilines is 1. The maximum atomic E-state index is 13.2. The lowest BCUT2D eigenvalue weighted by Crippen LogP contribution is -2.47. The van der Waals surface area contributed by atoms with Crippen molar-refractivity contribution in [1.82, 2.24) is 9.71 Å². The lowest BCUT2D eigenvalue weighted by molar-refractivity contribution is -0.384. The number of rotatable bonds is 9. The predicted octanol–water partition coefficient (Wildman–Crippen LogP) is 6.11. The van der Waals surface area contributed by atoms with Crippen molar-refractivity contribution >= 4 is 44.2 Å². The number of nitro groups is 1. The van der Waals surface area contributed by atoms with E-state index in [0.717, 1.165) is 23.3 Å². The maximum Gasteiger partial charge on any atom is 0.355 e. The molecule has 11 nitrogen and oxygen atoms in total. The molecule has 4 fully saturated rings. The first-order chi connectivity index (χ1) is 22.1. The van der Waals surface area contributed by atoms with Crippen molar-refractivity contribution in [2.75, 3.05) is 11.9 Å². The van der Waals surface area contributed by atoms with E-state index in [0.29, 0.717) is 40.9 Å². The average molecular weight is 641 g/mol. The number of carbonyl (C=O) groups excluding carboxylic acids is 1. The number of sulfonamides is 1. The van der Waals surface area contributed by atoms with E-state index in [1.165, 1.54) is 68.5 Å². The zero-order chi connectivity index (χ0) is 32.2. The summed E-state index contributed by atoms with van der Waals surface area (Å²) >= 11 is 0. The largest absolute Gasteiger partial charge is 0.476 e. The smallest absolute Gasteiger partial charge is 0.355 e. The Morgan fingerprint density at radius 2 is 1.59 bits per heavy atom. The number of amides is 1. The second kappa shape index (κ2) is 11.5. The van der Waals surface area contributed by atoms with E-state index in [4.69, 9.17) is 0 Å². The zero-order valence-electron chi connectivity index (χ0n) is 24.8. The van der Waals surface area contributed by atoms with Gasteiger partial charge >= 0.3 is 5.97 Å². The van der Waals surface area contributed by atoms with Gasteiger partial charge in [-0.15, -0.1) is 0 Å². The van der Waals surface area contributed by atoms with E-state index < -0.39 is 31.7 Å². The Hall–Kier alpha value is -4.84. The van der Waals surface area contributed by atoms with Crippen LogP contribution < -0.4 is 10.0 Å². The van der Waals surface area contributed by atoms with Gasteiger partial charge in [0, 0.05) is 29.1 Å². The van der Waals surface area contributed by atoms with Crippen LogP contribution in [0.1, 0.15) is 53.0 Å².